The maximum Gasteiger partial charge on any atom is 0.349 e. The van der Waals surface area contributed by atoms with Crippen molar-refractivity contribution in [3.05, 3.63) is 71.8 Å². The SMILES string of the molecule is O=C(COc1ccccc1Cl)Oc1cccc2ccccc12. The van der Waals surface area contributed by atoms with Crippen LogP contribution < -0.4 is 9.47 Å². The fraction of sp³-hybridized carbons (Fsp3) is 0.0556. The van der Waals surface area contributed by atoms with Crippen LogP contribution in [0, 0.1) is 0 Å². The Morgan fingerprint density at radius 3 is 2.41 bits per heavy atom. The van der Waals surface area contributed by atoms with Crippen LogP contribution in [-0.4, -0.2) is 12.6 Å². The molecule has 0 fully saturated rings. The summed E-state index contributed by atoms with van der Waals surface area (Å²) >= 11 is 5.97. The minimum atomic E-state index is -0.476. The first-order valence-electron chi connectivity index (χ1n) is 6.80. The van der Waals surface area contributed by atoms with Crippen LogP contribution in [0.1, 0.15) is 0 Å². The number of halogens is 1. The van der Waals surface area contributed by atoms with Gasteiger partial charge in [-0.2, -0.15) is 0 Å². The van der Waals surface area contributed by atoms with Crippen LogP contribution in [0.25, 0.3) is 10.8 Å². The molecule has 0 atom stereocenters. The average Bonchev–Trinajstić information content (AvgIpc) is 2.54. The first kappa shape index (κ1) is 14.4. The first-order valence-corrected chi connectivity index (χ1v) is 7.17. The molecule has 0 saturated carbocycles. The summed E-state index contributed by atoms with van der Waals surface area (Å²) in [6.45, 7) is -0.201. The van der Waals surface area contributed by atoms with Crippen LogP contribution in [0.2, 0.25) is 5.02 Å². The van der Waals surface area contributed by atoms with Crippen LogP contribution in [0.5, 0.6) is 11.5 Å². The number of para-hydroxylation sites is 1. The molecule has 3 rings (SSSR count). The Hall–Kier alpha value is -2.52. The molecule has 22 heavy (non-hydrogen) atoms. The van der Waals surface area contributed by atoms with Gasteiger partial charge in [0.1, 0.15) is 11.5 Å². The standard InChI is InChI=1S/C18H13ClO3/c19-15-9-3-4-10-17(15)21-12-18(20)22-16-11-5-7-13-6-1-2-8-14(13)16/h1-11H,12H2. The van der Waals surface area contributed by atoms with Gasteiger partial charge in [-0.1, -0.05) is 60.1 Å². The van der Waals surface area contributed by atoms with Gasteiger partial charge in [-0.15, -0.1) is 0 Å². The van der Waals surface area contributed by atoms with Crippen LogP contribution in [-0.2, 0) is 4.79 Å². The van der Waals surface area contributed by atoms with Crippen molar-refractivity contribution >= 4 is 28.3 Å². The maximum atomic E-state index is 12.0. The van der Waals surface area contributed by atoms with Crippen molar-refractivity contribution in [2.45, 2.75) is 0 Å². The van der Waals surface area contributed by atoms with Crippen molar-refractivity contribution in [3.63, 3.8) is 0 Å². The number of hydrogen-bond acceptors (Lipinski definition) is 3. The predicted octanol–water partition coefficient (Wildman–Crippen LogP) is 4.48. The summed E-state index contributed by atoms with van der Waals surface area (Å²) in [5.74, 6) is 0.501. The summed E-state index contributed by atoms with van der Waals surface area (Å²) in [6, 6.07) is 20.3. The zero-order chi connectivity index (χ0) is 15.4. The Morgan fingerprint density at radius 1 is 0.864 bits per heavy atom. The number of hydrogen-bond donors (Lipinski definition) is 0. The minimum Gasteiger partial charge on any atom is -0.480 e. The van der Waals surface area contributed by atoms with Crippen molar-refractivity contribution < 1.29 is 14.3 Å². The molecule has 0 unspecified atom stereocenters. The van der Waals surface area contributed by atoms with Gasteiger partial charge in [-0.25, -0.2) is 4.79 Å². The van der Waals surface area contributed by atoms with E-state index in [-0.39, 0.29) is 6.61 Å². The number of carbonyl (C=O) groups excluding carboxylic acids is 1. The van der Waals surface area contributed by atoms with Crippen molar-refractivity contribution in [2.75, 3.05) is 6.61 Å². The molecule has 110 valence electrons. The van der Waals surface area contributed by atoms with Crippen LogP contribution in [0.15, 0.2) is 66.7 Å². The summed E-state index contributed by atoms with van der Waals surface area (Å²) in [6.07, 6.45) is 0. The monoisotopic (exact) mass is 312 g/mol. The third-order valence-electron chi connectivity index (χ3n) is 3.16. The van der Waals surface area contributed by atoms with Crippen LogP contribution in [0.4, 0.5) is 0 Å². The molecule has 3 aromatic carbocycles. The van der Waals surface area contributed by atoms with Gasteiger partial charge >= 0.3 is 5.97 Å². The Labute approximate surface area is 133 Å². The zero-order valence-corrected chi connectivity index (χ0v) is 12.4. The van der Waals surface area contributed by atoms with Gasteiger partial charge < -0.3 is 9.47 Å². The minimum absolute atomic E-state index is 0.201. The van der Waals surface area contributed by atoms with E-state index < -0.39 is 5.97 Å². The molecule has 3 nitrogen and oxygen atoms in total. The molecule has 0 heterocycles. The quantitative estimate of drug-likeness (QED) is 0.526. The van der Waals surface area contributed by atoms with Gasteiger partial charge in [0.05, 0.1) is 5.02 Å². The van der Waals surface area contributed by atoms with E-state index in [4.69, 9.17) is 21.1 Å². The van der Waals surface area contributed by atoms with Crippen LogP contribution >= 0.6 is 11.6 Å². The molecule has 0 aliphatic carbocycles. The zero-order valence-electron chi connectivity index (χ0n) is 11.7. The van der Waals surface area contributed by atoms with E-state index in [2.05, 4.69) is 0 Å². The van der Waals surface area contributed by atoms with Crippen LogP contribution in [0.3, 0.4) is 0 Å². The third-order valence-corrected chi connectivity index (χ3v) is 3.47. The lowest BCUT2D eigenvalue weighted by Gasteiger charge is -2.09. The van der Waals surface area contributed by atoms with E-state index in [9.17, 15) is 4.79 Å². The van der Waals surface area contributed by atoms with E-state index in [0.717, 1.165) is 10.8 Å². The molecule has 0 aliphatic rings. The first-order chi connectivity index (χ1) is 10.7. The summed E-state index contributed by atoms with van der Waals surface area (Å²) in [4.78, 5) is 12.0. The van der Waals surface area contributed by atoms with E-state index >= 15 is 0 Å². The van der Waals surface area contributed by atoms with E-state index in [1.54, 1.807) is 30.3 Å². The average molecular weight is 313 g/mol. The molecule has 0 N–H and O–H groups in total. The summed E-state index contributed by atoms with van der Waals surface area (Å²) in [7, 11) is 0. The summed E-state index contributed by atoms with van der Waals surface area (Å²) < 4.78 is 10.8. The molecule has 0 aromatic heterocycles. The highest BCUT2D eigenvalue weighted by molar-refractivity contribution is 6.32. The van der Waals surface area contributed by atoms with Crippen molar-refractivity contribution in [1.29, 1.82) is 0 Å². The van der Waals surface area contributed by atoms with Crippen molar-refractivity contribution in [2.24, 2.45) is 0 Å². The predicted molar refractivity (Wildman–Crippen MR) is 86.5 cm³/mol. The molecular formula is C18H13ClO3. The Balaban J connectivity index is 1.70. The molecule has 0 saturated heterocycles. The maximum absolute atomic E-state index is 12.0. The van der Waals surface area contributed by atoms with Gasteiger partial charge in [0, 0.05) is 5.39 Å². The third kappa shape index (κ3) is 3.21. The van der Waals surface area contributed by atoms with Gasteiger partial charge in [-0.05, 0) is 23.6 Å². The highest BCUT2D eigenvalue weighted by atomic mass is 35.5. The number of rotatable bonds is 4. The van der Waals surface area contributed by atoms with Gasteiger partial charge in [-0.3, -0.25) is 0 Å². The molecule has 3 aromatic rings. The number of fused-ring (bicyclic) bond motifs is 1. The molecule has 0 aliphatic heterocycles. The van der Waals surface area contributed by atoms with E-state index in [1.807, 2.05) is 36.4 Å². The molecule has 0 radical (unpaired) electrons. The van der Waals surface area contributed by atoms with E-state index in [1.165, 1.54) is 0 Å². The normalized spacial score (nSPS) is 10.4. The summed E-state index contributed by atoms with van der Waals surface area (Å²) in [5.41, 5.74) is 0. The Morgan fingerprint density at radius 2 is 1.55 bits per heavy atom. The second-order valence-corrected chi connectivity index (χ2v) is 5.08. The second-order valence-electron chi connectivity index (χ2n) is 4.67. The largest absolute Gasteiger partial charge is 0.480 e. The summed E-state index contributed by atoms with van der Waals surface area (Å²) in [5, 5.41) is 2.36. The molecule has 0 bridgehead atoms. The Bertz CT molecular complexity index is 809. The smallest absolute Gasteiger partial charge is 0.349 e. The van der Waals surface area contributed by atoms with E-state index in [0.29, 0.717) is 16.5 Å². The lowest BCUT2D eigenvalue weighted by Crippen LogP contribution is -2.17. The number of benzene rings is 3. The molecule has 0 spiro atoms. The fourth-order valence-corrected chi connectivity index (χ4v) is 2.33. The lowest BCUT2D eigenvalue weighted by atomic mass is 10.1. The molecule has 0 amide bonds. The van der Waals surface area contributed by atoms with Crippen molar-refractivity contribution in [1.82, 2.24) is 0 Å². The van der Waals surface area contributed by atoms with Gasteiger partial charge in [0.15, 0.2) is 6.61 Å². The topological polar surface area (TPSA) is 35.5 Å². The lowest BCUT2D eigenvalue weighted by molar-refractivity contribution is -0.136. The Kier molecular flexibility index (Phi) is 4.26. The number of ether oxygens (including phenoxy) is 2. The molecule has 4 heteroatoms. The number of carbonyl (C=O) groups is 1. The number of esters is 1. The highest BCUT2D eigenvalue weighted by Crippen LogP contribution is 2.26. The van der Waals surface area contributed by atoms with Gasteiger partial charge in [0.25, 0.3) is 0 Å². The fourth-order valence-electron chi connectivity index (χ4n) is 2.14. The van der Waals surface area contributed by atoms with Crippen molar-refractivity contribution in [3.8, 4) is 11.5 Å². The second kappa shape index (κ2) is 6.50. The molecular weight excluding hydrogens is 300 g/mol. The van der Waals surface area contributed by atoms with Gasteiger partial charge in [0.2, 0.25) is 0 Å². The highest BCUT2D eigenvalue weighted by Gasteiger charge is 2.10.